The summed E-state index contributed by atoms with van der Waals surface area (Å²) in [7, 11) is 0. The highest BCUT2D eigenvalue weighted by Gasteiger charge is 2.19. The van der Waals surface area contributed by atoms with Gasteiger partial charge in [-0.1, -0.05) is 43.9 Å². The predicted octanol–water partition coefficient (Wildman–Crippen LogP) is 3.96. The van der Waals surface area contributed by atoms with Gasteiger partial charge in [-0.2, -0.15) is 0 Å². The Morgan fingerprint density at radius 2 is 2.09 bits per heavy atom. The Balaban J connectivity index is 2.29. The summed E-state index contributed by atoms with van der Waals surface area (Å²) in [5.74, 6) is 1.82. The van der Waals surface area contributed by atoms with Crippen molar-refractivity contribution in [1.82, 2.24) is 0 Å². The molecule has 1 saturated carbocycles. The molecule has 0 aromatic carbocycles. The van der Waals surface area contributed by atoms with Gasteiger partial charge in [-0.15, -0.1) is 0 Å². The van der Waals surface area contributed by atoms with Gasteiger partial charge < -0.3 is 0 Å². The number of halogens is 1. The third-order valence-corrected chi connectivity index (χ3v) is 3.00. The predicted molar refractivity (Wildman–Crippen MR) is 50.7 cm³/mol. The van der Waals surface area contributed by atoms with Gasteiger partial charge in [0.1, 0.15) is 0 Å². The topological polar surface area (TPSA) is 0 Å². The molecule has 2 unspecified atom stereocenters. The standard InChI is InChI=1S/C10H17Cl/c1-9-5-2-3-6-10(9)7-4-8-11/h4,8-10H,2-3,5-7H2,1H3/b8-4+. The summed E-state index contributed by atoms with van der Waals surface area (Å²) in [6, 6.07) is 0. The molecular formula is C10H17Cl. The molecule has 1 rings (SSSR count). The summed E-state index contributed by atoms with van der Waals surface area (Å²) in [4.78, 5) is 0. The van der Waals surface area contributed by atoms with Gasteiger partial charge in [0.15, 0.2) is 0 Å². The van der Waals surface area contributed by atoms with Gasteiger partial charge >= 0.3 is 0 Å². The molecule has 0 aromatic rings. The van der Waals surface area contributed by atoms with E-state index in [1.807, 2.05) is 0 Å². The average molecular weight is 173 g/mol. The van der Waals surface area contributed by atoms with Crippen molar-refractivity contribution in [2.75, 3.05) is 0 Å². The lowest BCUT2D eigenvalue weighted by Crippen LogP contribution is -2.15. The molecule has 1 aliphatic rings. The molecule has 0 heterocycles. The van der Waals surface area contributed by atoms with Crippen LogP contribution in [0.3, 0.4) is 0 Å². The zero-order valence-electron chi connectivity index (χ0n) is 7.22. The van der Waals surface area contributed by atoms with Crippen LogP contribution in [0.5, 0.6) is 0 Å². The lowest BCUT2D eigenvalue weighted by molar-refractivity contribution is 0.258. The van der Waals surface area contributed by atoms with E-state index in [0.29, 0.717) is 0 Å². The second-order valence-electron chi connectivity index (χ2n) is 3.62. The van der Waals surface area contributed by atoms with Gasteiger partial charge in [-0.05, 0) is 24.7 Å². The Morgan fingerprint density at radius 1 is 1.36 bits per heavy atom. The van der Waals surface area contributed by atoms with Crippen molar-refractivity contribution in [2.45, 2.75) is 39.0 Å². The van der Waals surface area contributed by atoms with Crippen molar-refractivity contribution < 1.29 is 0 Å². The highest BCUT2D eigenvalue weighted by molar-refractivity contribution is 6.25. The van der Waals surface area contributed by atoms with Crippen LogP contribution in [0.4, 0.5) is 0 Å². The zero-order chi connectivity index (χ0) is 8.10. The van der Waals surface area contributed by atoms with Gasteiger partial charge in [-0.3, -0.25) is 0 Å². The van der Waals surface area contributed by atoms with E-state index in [1.165, 1.54) is 32.1 Å². The number of hydrogen-bond acceptors (Lipinski definition) is 0. The summed E-state index contributed by atoms with van der Waals surface area (Å²) in [5.41, 5.74) is 1.65. The van der Waals surface area contributed by atoms with E-state index in [2.05, 4.69) is 13.0 Å². The quantitative estimate of drug-likeness (QED) is 0.592. The largest absolute Gasteiger partial charge is 0.0933 e. The van der Waals surface area contributed by atoms with Gasteiger partial charge in [0.05, 0.1) is 0 Å². The lowest BCUT2D eigenvalue weighted by atomic mass is 9.79. The minimum atomic E-state index is 0.902. The van der Waals surface area contributed by atoms with E-state index >= 15 is 0 Å². The monoisotopic (exact) mass is 172 g/mol. The number of hydrogen-bond donors (Lipinski definition) is 0. The van der Waals surface area contributed by atoms with E-state index in [0.717, 1.165) is 11.8 Å². The summed E-state index contributed by atoms with van der Waals surface area (Å²) < 4.78 is 0. The van der Waals surface area contributed by atoms with Crippen LogP contribution in [0.15, 0.2) is 11.6 Å². The Labute approximate surface area is 74.6 Å². The Morgan fingerprint density at radius 3 is 2.73 bits per heavy atom. The molecule has 0 bridgehead atoms. The van der Waals surface area contributed by atoms with Crippen LogP contribution in [0.25, 0.3) is 0 Å². The molecule has 0 aromatic heterocycles. The SMILES string of the molecule is CC1CCCCC1C/C=C/Cl. The molecule has 1 aliphatic carbocycles. The Bertz CT molecular complexity index is 129. The van der Waals surface area contributed by atoms with Gasteiger partial charge in [0.25, 0.3) is 0 Å². The molecule has 2 atom stereocenters. The van der Waals surface area contributed by atoms with Crippen LogP contribution >= 0.6 is 11.6 Å². The van der Waals surface area contributed by atoms with Crippen molar-refractivity contribution in [3.05, 3.63) is 11.6 Å². The van der Waals surface area contributed by atoms with E-state index in [9.17, 15) is 0 Å². The first kappa shape index (κ1) is 9.12. The zero-order valence-corrected chi connectivity index (χ0v) is 7.98. The Hall–Kier alpha value is 0.0300. The maximum absolute atomic E-state index is 5.49. The first-order valence-electron chi connectivity index (χ1n) is 4.60. The van der Waals surface area contributed by atoms with Gasteiger partial charge in [-0.25, -0.2) is 0 Å². The van der Waals surface area contributed by atoms with Crippen molar-refractivity contribution in [3.63, 3.8) is 0 Å². The summed E-state index contributed by atoms with van der Waals surface area (Å²) >= 11 is 5.49. The van der Waals surface area contributed by atoms with Gasteiger partial charge in [0, 0.05) is 5.54 Å². The second kappa shape index (κ2) is 4.82. The molecule has 0 spiro atoms. The fraction of sp³-hybridized carbons (Fsp3) is 0.800. The van der Waals surface area contributed by atoms with E-state index < -0.39 is 0 Å². The molecule has 0 nitrogen and oxygen atoms in total. The molecule has 0 saturated heterocycles. The maximum atomic E-state index is 5.49. The highest BCUT2D eigenvalue weighted by Crippen LogP contribution is 2.31. The van der Waals surface area contributed by atoms with Crippen LogP contribution in [0.1, 0.15) is 39.0 Å². The molecule has 1 fully saturated rings. The molecule has 64 valence electrons. The summed E-state index contributed by atoms with van der Waals surface area (Å²) in [6.07, 6.45) is 8.95. The highest BCUT2D eigenvalue weighted by atomic mass is 35.5. The van der Waals surface area contributed by atoms with E-state index in [-0.39, 0.29) is 0 Å². The third-order valence-electron chi connectivity index (χ3n) is 2.82. The van der Waals surface area contributed by atoms with Crippen LogP contribution in [0, 0.1) is 11.8 Å². The third kappa shape index (κ3) is 2.86. The van der Waals surface area contributed by atoms with Crippen molar-refractivity contribution in [3.8, 4) is 0 Å². The van der Waals surface area contributed by atoms with Crippen molar-refractivity contribution in [2.24, 2.45) is 11.8 Å². The second-order valence-corrected chi connectivity index (χ2v) is 3.87. The van der Waals surface area contributed by atoms with Gasteiger partial charge in [0.2, 0.25) is 0 Å². The molecule has 11 heavy (non-hydrogen) atoms. The van der Waals surface area contributed by atoms with Crippen LogP contribution in [-0.4, -0.2) is 0 Å². The normalized spacial score (nSPS) is 32.9. The van der Waals surface area contributed by atoms with Crippen LogP contribution in [-0.2, 0) is 0 Å². The first-order valence-corrected chi connectivity index (χ1v) is 5.03. The molecule has 0 radical (unpaired) electrons. The number of allylic oxidation sites excluding steroid dienone is 1. The molecule has 0 amide bonds. The van der Waals surface area contributed by atoms with E-state index in [1.54, 1.807) is 5.54 Å². The maximum Gasteiger partial charge on any atom is 0.000256 e. The van der Waals surface area contributed by atoms with Crippen molar-refractivity contribution in [1.29, 1.82) is 0 Å². The summed E-state index contributed by atoms with van der Waals surface area (Å²) in [5, 5.41) is 0. The minimum absolute atomic E-state index is 0.902. The minimum Gasteiger partial charge on any atom is -0.0933 e. The number of rotatable bonds is 2. The van der Waals surface area contributed by atoms with Crippen LogP contribution in [0.2, 0.25) is 0 Å². The van der Waals surface area contributed by atoms with E-state index in [4.69, 9.17) is 11.6 Å². The Kier molecular flexibility index (Phi) is 3.99. The lowest BCUT2D eigenvalue weighted by Gasteiger charge is -2.27. The first-order chi connectivity index (χ1) is 5.34. The van der Waals surface area contributed by atoms with Crippen LogP contribution < -0.4 is 0 Å². The average Bonchev–Trinajstić information content (AvgIpc) is 2.03. The fourth-order valence-electron chi connectivity index (χ4n) is 1.97. The van der Waals surface area contributed by atoms with Crippen molar-refractivity contribution >= 4 is 11.6 Å². The fourth-order valence-corrected chi connectivity index (χ4v) is 2.07. The molecule has 0 N–H and O–H groups in total. The molecule has 0 aliphatic heterocycles. The molecule has 1 heteroatoms. The molecular weight excluding hydrogens is 156 g/mol. The summed E-state index contributed by atoms with van der Waals surface area (Å²) in [6.45, 7) is 2.37. The smallest absolute Gasteiger partial charge is 0.000256 e.